The Bertz CT molecular complexity index is 373. The average molecular weight is 237 g/mol. The van der Waals surface area contributed by atoms with E-state index in [2.05, 4.69) is 17.5 Å². The van der Waals surface area contributed by atoms with Gasteiger partial charge in [-0.05, 0) is 24.7 Å². The van der Waals surface area contributed by atoms with E-state index in [9.17, 15) is 9.59 Å². The Morgan fingerprint density at radius 2 is 2.00 bits per heavy atom. The van der Waals surface area contributed by atoms with Crippen molar-refractivity contribution in [1.29, 1.82) is 0 Å². The van der Waals surface area contributed by atoms with Crippen molar-refractivity contribution in [2.24, 2.45) is 17.3 Å². The summed E-state index contributed by atoms with van der Waals surface area (Å²) < 4.78 is 0. The molecule has 0 bridgehead atoms. The third kappa shape index (κ3) is 2.21. The molecule has 17 heavy (non-hydrogen) atoms. The summed E-state index contributed by atoms with van der Waals surface area (Å²) >= 11 is 0. The van der Waals surface area contributed by atoms with Gasteiger partial charge >= 0.3 is 5.97 Å². The molecule has 2 aliphatic rings. The Kier molecular flexibility index (Phi) is 2.98. The summed E-state index contributed by atoms with van der Waals surface area (Å²) in [7, 11) is 0. The molecule has 1 amide bonds. The number of allylic oxidation sites excluding steroid dienone is 1. The topological polar surface area (TPSA) is 66.4 Å². The number of nitrogens with one attached hydrogen (secondary N) is 1. The number of carbonyl (C=O) groups is 2. The molecule has 2 rings (SSSR count). The van der Waals surface area contributed by atoms with Crippen LogP contribution in [0.2, 0.25) is 0 Å². The average Bonchev–Trinajstić information content (AvgIpc) is 2.83. The van der Waals surface area contributed by atoms with Gasteiger partial charge in [0.05, 0.1) is 11.8 Å². The molecule has 1 fully saturated rings. The lowest BCUT2D eigenvalue weighted by Crippen LogP contribution is -2.37. The van der Waals surface area contributed by atoms with Gasteiger partial charge in [0.2, 0.25) is 5.91 Å². The molecule has 0 aromatic rings. The van der Waals surface area contributed by atoms with Crippen LogP contribution in [0, 0.1) is 17.3 Å². The Labute approximate surface area is 101 Å². The highest BCUT2D eigenvalue weighted by molar-refractivity contribution is 5.91. The summed E-state index contributed by atoms with van der Waals surface area (Å²) in [5, 5.41) is 12.0. The molecule has 0 aromatic carbocycles. The second kappa shape index (κ2) is 4.17. The predicted octanol–water partition coefficient (Wildman–Crippen LogP) is 1.57. The molecular formula is C13H19NO3. The first-order valence-electron chi connectivity index (χ1n) is 6.12. The smallest absolute Gasteiger partial charge is 0.307 e. The number of hydrogen-bond donors (Lipinski definition) is 2. The lowest BCUT2D eigenvalue weighted by atomic mass is 10.0. The van der Waals surface area contributed by atoms with Gasteiger partial charge in [0, 0.05) is 6.04 Å². The van der Waals surface area contributed by atoms with Gasteiger partial charge in [-0.2, -0.15) is 0 Å². The summed E-state index contributed by atoms with van der Waals surface area (Å²) in [6, 6.07) is 0.179. The van der Waals surface area contributed by atoms with Crippen LogP contribution < -0.4 is 5.32 Å². The predicted molar refractivity (Wildman–Crippen MR) is 63.3 cm³/mol. The molecule has 0 spiro atoms. The number of hydrogen-bond acceptors (Lipinski definition) is 2. The zero-order valence-electron chi connectivity index (χ0n) is 10.3. The lowest BCUT2D eigenvalue weighted by molar-refractivity contribution is -0.140. The summed E-state index contributed by atoms with van der Waals surface area (Å²) in [4.78, 5) is 23.0. The Hall–Kier alpha value is -1.32. The molecule has 0 heterocycles. The highest BCUT2D eigenvalue weighted by Crippen LogP contribution is 2.58. The van der Waals surface area contributed by atoms with Crippen LogP contribution in [0.1, 0.15) is 33.1 Å². The zero-order chi connectivity index (χ0) is 12.6. The molecule has 94 valence electrons. The third-order valence-electron chi connectivity index (χ3n) is 3.99. The fourth-order valence-corrected chi connectivity index (χ4v) is 2.80. The van der Waals surface area contributed by atoms with Crippen LogP contribution in [0.25, 0.3) is 0 Å². The van der Waals surface area contributed by atoms with Crippen LogP contribution >= 0.6 is 0 Å². The maximum Gasteiger partial charge on any atom is 0.307 e. The van der Waals surface area contributed by atoms with E-state index in [4.69, 9.17) is 5.11 Å². The van der Waals surface area contributed by atoms with Crippen molar-refractivity contribution in [1.82, 2.24) is 5.32 Å². The first-order chi connectivity index (χ1) is 7.94. The fourth-order valence-electron chi connectivity index (χ4n) is 2.80. The van der Waals surface area contributed by atoms with E-state index in [1.54, 1.807) is 0 Å². The van der Waals surface area contributed by atoms with Gasteiger partial charge < -0.3 is 10.4 Å². The SMILES string of the molecule is CC1(C)C(C(=O)O)C1C(=O)NC1CC=CCC1. The van der Waals surface area contributed by atoms with Crippen LogP contribution in [0.15, 0.2) is 12.2 Å². The summed E-state index contributed by atoms with van der Waals surface area (Å²) in [6.45, 7) is 3.69. The van der Waals surface area contributed by atoms with E-state index in [1.807, 2.05) is 13.8 Å². The monoisotopic (exact) mass is 237 g/mol. The third-order valence-corrected chi connectivity index (χ3v) is 3.99. The van der Waals surface area contributed by atoms with E-state index < -0.39 is 17.3 Å². The lowest BCUT2D eigenvalue weighted by Gasteiger charge is -2.19. The van der Waals surface area contributed by atoms with Crippen molar-refractivity contribution < 1.29 is 14.7 Å². The molecule has 3 atom stereocenters. The molecule has 4 nitrogen and oxygen atoms in total. The number of amides is 1. The Balaban J connectivity index is 1.93. The second-order valence-corrected chi connectivity index (χ2v) is 5.60. The van der Waals surface area contributed by atoms with Crippen LogP contribution in [0.4, 0.5) is 0 Å². The van der Waals surface area contributed by atoms with Gasteiger partial charge in [-0.3, -0.25) is 9.59 Å². The molecule has 0 saturated heterocycles. The second-order valence-electron chi connectivity index (χ2n) is 5.60. The van der Waals surface area contributed by atoms with Crippen LogP contribution in [-0.2, 0) is 9.59 Å². The molecule has 1 saturated carbocycles. The van der Waals surface area contributed by atoms with Gasteiger partial charge in [0.1, 0.15) is 0 Å². The first kappa shape index (κ1) is 12.1. The molecule has 0 aromatic heterocycles. The van der Waals surface area contributed by atoms with Crippen molar-refractivity contribution in [3.63, 3.8) is 0 Å². The summed E-state index contributed by atoms with van der Waals surface area (Å²) in [6.07, 6.45) is 6.98. The van der Waals surface area contributed by atoms with E-state index in [0.717, 1.165) is 19.3 Å². The Morgan fingerprint density at radius 1 is 1.29 bits per heavy atom. The Morgan fingerprint density at radius 3 is 2.47 bits per heavy atom. The molecular weight excluding hydrogens is 218 g/mol. The first-order valence-corrected chi connectivity index (χ1v) is 6.12. The van der Waals surface area contributed by atoms with Crippen molar-refractivity contribution >= 4 is 11.9 Å². The minimum Gasteiger partial charge on any atom is -0.481 e. The number of carbonyl (C=O) groups excluding carboxylic acids is 1. The normalized spacial score (nSPS) is 34.1. The molecule has 2 aliphatic carbocycles. The van der Waals surface area contributed by atoms with Gasteiger partial charge in [0.25, 0.3) is 0 Å². The van der Waals surface area contributed by atoms with E-state index in [1.165, 1.54) is 0 Å². The van der Waals surface area contributed by atoms with E-state index in [-0.39, 0.29) is 17.9 Å². The largest absolute Gasteiger partial charge is 0.481 e. The quantitative estimate of drug-likeness (QED) is 0.732. The molecule has 0 aliphatic heterocycles. The minimum absolute atomic E-state index is 0.0947. The summed E-state index contributed by atoms with van der Waals surface area (Å²) in [5.74, 6) is -1.85. The van der Waals surface area contributed by atoms with Crippen molar-refractivity contribution in [3.8, 4) is 0 Å². The van der Waals surface area contributed by atoms with E-state index in [0.29, 0.717) is 0 Å². The number of carboxylic acid groups (broad SMARTS) is 1. The maximum atomic E-state index is 12.0. The number of carboxylic acids is 1. The van der Waals surface area contributed by atoms with Crippen molar-refractivity contribution in [2.45, 2.75) is 39.2 Å². The molecule has 4 heteroatoms. The van der Waals surface area contributed by atoms with Gasteiger partial charge in [-0.1, -0.05) is 26.0 Å². The van der Waals surface area contributed by atoms with Gasteiger partial charge in [0.15, 0.2) is 0 Å². The standard InChI is InChI=1S/C13H19NO3/c1-13(2)9(10(13)12(16)17)11(15)14-8-6-4-3-5-7-8/h3-4,8-10H,5-7H2,1-2H3,(H,14,15)(H,16,17). The van der Waals surface area contributed by atoms with Crippen LogP contribution in [-0.4, -0.2) is 23.0 Å². The highest BCUT2D eigenvalue weighted by Gasteiger charge is 2.65. The fraction of sp³-hybridized carbons (Fsp3) is 0.692. The van der Waals surface area contributed by atoms with Crippen molar-refractivity contribution in [3.05, 3.63) is 12.2 Å². The highest BCUT2D eigenvalue weighted by atomic mass is 16.4. The van der Waals surface area contributed by atoms with Crippen LogP contribution in [0.5, 0.6) is 0 Å². The number of rotatable bonds is 3. The van der Waals surface area contributed by atoms with Gasteiger partial charge in [-0.15, -0.1) is 0 Å². The molecule has 2 N–H and O–H groups in total. The molecule has 0 radical (unpaired) electrons. The zero-order valence-corrected chi connectivity index (χ0v) is 10.3. The number of aliphatic carboxylic acids is 1. The molecule has 3 unspecified atom stereocenters. The van der Waals surface area contributed by atoms with Crippen molar-refractivity contribution in [2.75, 3.05) is 0 Å². The maximum absolute atomic E-state index is 12.0. The van der Waals surface area contributed by atoms with Gasteiger partial charge in [-0.25, -0.2) is 0 Å². The van der Waals surface area contributed by atoms with E-state index >= 15 is 0 Å². The van der Waals surface area contributed by atoms with Crippen LogP contribution in [0.3, 0.4) is 0 Å². The summed E-state index contributed by atoms with van der Waals surface area (Å²) in [5.41, 5.74) is -0.402. The minimum atomic E-state index is -0.862.